The molecule has 1 saturated heterocycles. The maximum Gasteiger partial charge on any atom is 0.337 e. The van der Waals surface area contributed by atoms with E-state index in [0.29, 0.717) is 12.2 Å². The number of hydrogen-bond acceptors (Lipinski definition) is 5. The summed E-state index contributed by atoms with van der Waals surface area (Å²) in [6.07, 6.45) is 1.53. The first kappa shape index (κ1) is 19.8. The highest BCUT2D eigenvalue weighted by atomic mass is 16.5. The molecular formula is C22H20N2O6. The summed E-state index contributed by atoms with van der Waals surface area (Å²) in [6.45, 7) is 2.50. The van der Waals surface area contributed by atoms with E-state index in [4.69, 9.17) is 4.74 Å². The normalized spacial score (nSPS) is 17.9. The monoisotopic (exact) mass is 408 g/mol. The SMILES string of the molecule is Cc1cccc(C(=O)O)c1NC(=O)c1ccc2c(c1)C(=O)N(CC1CCCO1)C2=O. The van der Waals surface area contributed by atoms with Crippen LogP contribution in [0.15, 0.2) is 36.4 Å². The van der Waals surface area contributed by atoms with Crippen LogP contribution in [0.4, 0.5) is 5.69 Å². The standard InChI is InChI=1S/C22H20N2O6/c1-12-4-2-6-16(22(28)29)18(12)23-19(25)13-7-8-15-17(10-13)21(27)24(20(15)26)11-14-5-3-9-30-14/h2,4,6-8,10,14H,3,5,9,11H2,1H3,(H,23,25)(H,28,29). The number of carbonyl (C=O) groups is 4. The predicted molar refractivity (Wildman–Crippen MR) is 107 cm³/mol. The van der Waals surface area contributed by atoms with Crippen molar-refractivity contribution in [2.45, 2.75) is 25.9 Å². The van der Waals surface area contributed by atoms with Gasteiger partial charge in [-0.15, -0.1) is 0 Å². The van der Waals surface area contributed by atoms with Gasteiger partial charge >= 0.3 is 5.97 Å². The lowest BCUT2D eigenvalue weighted by molar-refractivity contribution is 0.0475. The fourth-order valence-electron chi connectivity index (χ4n) is 3.79. The van der Waals surface area contributed by atoms with Crippen LogP contribution in [0.5, 0.6) is 0 Å². The van der Waals surface area contributed by atoms with E-state index in [1.807, 2.05) is 0 Å². The van der Waals surface area contributed by atoms with Crippen molar-refractivity contribution in [1.82, 2.24) is 4.90 Å². The maximum atomic E-state index is 12.8. The lowest BCUT2D eigenvalue weighted by Gasteiger charge is -2.17. The van der Waals surface area contributed by atoms with Gasteiger partial charge in [-0.1, -0.05) is 12.1 Å². The third-order valence-corrected chi connectivity index (χ3v) is 5.38. The summed E-state index contributed by atoms with van der Waals surface area (Å²) < 4.78 is 5.52. The number of carbonyl (C=O) groups excluding carboxylic acids is 3. The summed E-state index contributed by atoms with van der Waals surface area (Å²) in [6, 6.07) is 8.97. The van der Waals surface area contributed by atoms with E-state index in [9.17, 15) is 24.3 Å². The average Bonchev–Trinajstić information content (AvgIpc) is 3.32. The Bertz CT molecular complexity index is 1070. The van der Waals surface area contributed by atoms with Gasteiger partial charge in [0.15, 0.2) is 0 Å². The minimum absolute atomic E-state index is 0.0292. The van der Waals surface area contributed by atoms with Gasteiger partial charge in [0.05, 0.1) is 35.0 Å². The summed E-state index contributed by atoms with van der Waals surface area (Å²) >= 11 is 0. The first-order chi connectivity index (χ1) is 14.4. The summed E-state index contributed by atoms with van der Waals surface area (Å²) in [4.78, 5) is 50.7. The molecule has 1 atom stereocenters. The van der Waals surface area contributed by atoms with Gasteiger partial charge in [0.25, 0.3) is 17.7 Å². The van der Waals surface area contributed by atoms with E-state index in [1.165, 1.54) is 24.3 Å². The predicted octanol–water partition coefficient (Wildman–Crippen LogP) is 2.72. The summed E-state index contributed by atoms with van der Waals surface area (Å²) in [7, 11) is 0. The van der Waals surface area contributed by atoms with Crippen molar-refractivity contribution in [2.24, 2.45) is 0 Å². The molecule has 2 aliphatic rings. The van der Waals surface area contributed by atoms with Crippen molar-refractivity contribution < 1.29 is 29.0 Å². The molecule has 30 heavy (non-hydrogen) atoms. The van der Waals surface area contributed by atoms with Gasteiger partial charge in [-0.05, 0) is 49.6 Å². The Balaban J connectivity index is 1.58. The number of rotatable bonds is 5. The molecule has 1 fully saturated rings. The smallest absolute Gasteiger partial charge is 0.337 e. The van der Waals surface area contributed by atoms with Crippen LogP contribution >= 0.6 is 0 Å². The number of aromatic carboxylic acids is 1. The molecule has 2 heterocycles. The van der Waals surface area contributed by atoms with Crippen molar-refractivity contribution in [3.05, 3.63) is 64.2 Å². The first-order valence-corrected chi connectivity index (χ1v) is 9.63. The summed E-state index contributed by atoms with van der Waals surface area (Å²) in [5.74, 6) is -2.58. The van der Waals surface area contributed by atoms with Crippen LogP contribution in [0.2, 0.25) is 0 Å². The zero-order chi connectivity index (χ0) is 21.4. The van der Waals surface area contributed by atoms with Crippen molar-refractivity contribution in [3.8, 4) is 0 Å². The average molecular weight is 408 g/mol. The second-order valence-corrected chi connectivity index (χ2v) is 7.37. The third-order valence-electron chi connectivity index (χ3n) is 5.38. The second kappa shape index (κ2) is 7.72. The third kappa shape index (κ3) is 3.46. The topological polar surface area (TPSA) is 113 Å². The quantitative estimate of drug-likeness (QED) is 0.736. The van der Waals surface area contributed by atoms with Crippen molar-refractivity contribution >= 4 is 29.4 Å². The number of carboxylic acids is 1. The largest absolute Gasteiger partial charge is 0.478 e. The zero-order valence-corrected chi connectivity index (χ0v) is 16.3. The molecule has 0 aliphatic carbocycles. The van der Waals surface area contributed by atoms with Crippen LogP contribution in [0.1, 0.15) is 59.8 Å². The number of aryl methyl sites for hydroxylation is 1. The first-order valence-electron chi connectivity index (χ1n) is 9.63. The van der Waals surface area contributed by atoms with Crippen LogP contribution in [-0.4, -0.2) is 53.0 Å². The van der Waals surface area contributed by atoms with Crippen LogP contribution < -0.4 is 5.32 Å². The number of amides is 3. The van der Waals surface area contributed by atoms with Crippen LogP contribution in [0, 0.1) is 6.92 Å². The molecule has 0 spiro atoms. The molecule has 2 aliphatic heterocycles. The molecule has 4 rings (SSSR count). The lowest BCUT2D eigenvalue weighted by atomic mass is 10.0. The van der Waals surface area contributed by atoms with Gasteiger partial charge in [-0.3, -0.25) is 19.3 Å². The number of anilines is 1. The number of para-hydroxylation sites is 1. The highest BCUT2D eigenvalue weighted by molar-refractivity contribution is 6.22. The number of ether oxygens (including phenoxy) is 1. The Morgan fingerprint density at radius 1 is 1.17 bits per heavy atom. The molecule has 1 unspecified atom stereocenters. The van der Waals surface area contributed by atoms with Gasteiger partial charge in [0, 0.05) is 12.2 Å². The number of carboxylic acid groups (broad SMARTS) is 1. The molecule has 2 N–H and O–H groups in total. The molecule has 8 heteroatoms. The molecule has 8 nitrogen and oxygen atoms in total. The number of nitrogens with zero attached hydrogens (tertiary/aromatic N) is 1. The van der Waals surface area contributed by atoms with E-state index in [1.54, 1.807) is 19.1 Å². The van der Waals surface area contributed by atoms with Crippen molar-refractivity contribution in [2.75, 3.05) is 18.5 Å². The lowest BCUT2D eigenvalue weighted by Crippen LogP contribution is -2.36. The van der Waals surface area contributed by atoms with Gasteiger partial charge in [0.2, 0.25) is 0 Å². The molecule has 0 aromatic heterocycles. The highest BCUT2D eigenvalue weighted by Crippen LogP contribution is 2.27. The summed E-state index contributed by atoms with van der Waals surface area (Å²) in [5, 5.41) is 12.0. The Hall–Kier alpha value is -3.52. The van der Waals surface area contributed by atoms with Crippen LogP contribution in [0.3, 0.4) is 0 Å². The highest BCUT2D eigenvalue weighted by Gasteiger charge is 2.38. The van der Waals surface area contributed by atoms with Crippen molar-refractivity contribution in [3.63, 3.8) is 0 Å². The molecule has 3 amide bonds. The van der Waals surface area contributed by atoms with Crippen LogP contribution in [-0.2, 0) is 4.74 Å². The minimum atomic E-state index is -1.16. The van der Waals surface area contributed by atoms with Crippen LogP contribution in [0.25, 0.3) is 0 Å². The number of hydrogen-bond donors (Lipinski definition) is 2. The molecule has 0 radical (unpaired) electrons. The van der Waals surface area contributed by atoms with E-state index in [2.05, 4.69) is 5.32 Å². The maximum absolute atomic E-state index is 12.8. The molecule has 2 aromatic rings. The van der Waals surface area contributed by atoms with E-state index >= 15 is 0 Å². The summed E-state index contributed by atoms with van der Waals surface area (Å²) in [5.41, 5.74) is 1.33. The minimum Gasteiger partial charge on any atom is -0.478 e. The number of fused-ring (bicyclic) bond motifs is 1. The molecule has 2 aromatic carbocycles. The molecular weight excluding hydrogens is 388 g/mol. The van der Waals surface area contributed by atoms with Gasteiger partial charge < -0.3 is 15.2 Å². The number of imide groups is 1. The fourth-order valence-corrected chi connectivity index (χ4v) is 3.79. The van der Waals surface area contributed by atoms with Gasteiger partial charge in [-0.2, -0.15) is 0 Å². The molecule has 154 valence electrons. The fraction of sp³-hybridized carbons (Fsp3) is 0.273. The Morgan fingerprint density at radius 3 is 2.63 bits per heavy atom. The Labute approximate surface area is 172 Å². The van der Waals surface area contributed by atoms with Gasteiger partial charge in [-0.25, -0.2) is 4.79 Å². The molecule has 0 bridgehead atoms. The molecule has 0 saturated carbocycles. The van der Waals surface area contributed by atoms with E-state index < -0.39 is 23.7 Å². The van der Waals surface area contributed by atoms with Gasteiger partial charge in [0.1, 0.15) is 0 Å². The van der Waals surface area contributed by atoms with E-state index in [0.717, 1.165) is 17.7 Å². The number of nitrogens with one attached hydrogen (secondary N) is 1. The number of benzene rings is 2. The van der Waals surface area contributed by atoms with Crippen molar-refractivity contribution in [1.29, 1.82) is 0 Å². The van der Waals surface area contributed by atoms with E-state index in [-0.39, 0.29) is 40.6 Å². The second-order valence-electron chi connectivity index (χ2n) is 7.37. The Morgan fingerprint density at radius 2 is 1.93 bits per heavy atom. The Kier molecular flexibility index (Phi) is 5.09. The zero-order valence-electron chi connectivity index (χ0n) is 16.3.